The summed E-state index contributed by atoms with van der Waals surface area (Å²) in [5, 5.41) is 15.5. The minimum absolute atomic E-state index is 0.0769. The van der Waals surface area contributed by atoms with Crippen molar-refractivity contribution in [1.82, 2.24) is 9.78 Å². The lowest BCUT2D eigenvalue weighted by Gasteiger charge is -2.24. The van der Waals surface area contributed by atoms with Crippen LogP contribution in [0.4, 0.5) is 0 Å². The van der Waals surface area contributed by atoms with Crippen LogP contribution in [0.3, 0.4) is 0 Å². The molecule has 0 bridgehead atoms. The number of ether oxygens (including phenoxy) is 1. The highest BCUT2D eigenvalue weighted by Crippen LogP contribution is 2.36. The van der Waals surface area contributed by atoms with Crippen LogP contribution >= 0.6 is 11.6 Å². The number of rotatable bonds is 3. The molecule has 0 saturated carbocycles. The standard InChI is InChI=1S/C14H23ClN2O2/c1-7-9(3)19-10(4)13(7)12(18)6-11-14(15)8(2)16-17(11)5/h7,9-10,12-13,18H,6H2,1-5H3. The first-order valence-electron chi connectivity index (χ1n) is 6.84. The van der Waals surface area contributed by atoms with Crippen molar-refractivity contribution in [2.75, 3.05) is 0 Å². The van der Waals surface area contributed by atoms with Crippen molar-refractivity contribution >= 4 is 11.6 Å². The van der Waals surface area contributed by atoms with Crippen LogP contribution in [0.25, 0.3) is 0 Å². The molecule has 0 amide bonds. The molecule has 1 saturated heterocycles. The molecule has 0 spiro atoms. The van der Waals surface area contributed by atoms with E-state index in [0.29, 0.717) is 17.4 Å². The molecule has 5 atom stereocenters. The lowest BCUT2D eigenvalue weighted by atomic mass is 9.83. The number of hydrogen-bond acceptors (Lipinski definition) is 3. The van der Waals surface area contributed by atoms with E-state index in [0.717, 1.165) is 11.4 Å². The molecule has 2 rings (SSSR count). The summed E-state index contributed by atoms with van der Waals surface area (Å²) in [6.45, 7) is 8.11. The fraction of sp³-hybridized carbons (Fsp3) is 0.786. The second kappa shape index (κ2) is 5.43. The zero-order valence-corrected chi connectivity index (χ0v) is 13.0. The van der Waals surface area contributed by atoms with E-state index in [4.69, 9.17) is 16.3 Å². The van der Waals surface area contributed by atoms with E-state index in [2.05, 4.69) is 18.9 Å². The molecule has 19 heavy (non-hydrogen) atoms. The van der Waals surface area contributed by atoms with Crippen LogP contribution in [0.5, 0.6) is 0 Å². The van der Waals surface area contributed by atoms with Gasteiger partial charge in [0.25, 0.3) is 0 Å². The molecule has 5 heteroatoms. The fourth-order valence-electron chi connectivity index (χ4n) is 3.19. The van der Waals surface area contributed by atoms with Crippen LogP contribution in [-0.2, 0) is 18.2 Å². The van der Waals surface area contributed by atoms with Crippen molar-refractivity contribution in [3.05, 3.63) is 16.4 Å². The van der Waals surface area contributed by atoms with E-state index in [1.807, 2.05) is 20.9 Å². The molecule has 0 radical (unpaired) electrons. The third kappa shape index (κ3) is 2.67. The Morgan fingerprint density at radius 2 is 2.00 bits per heavy atom. The van der Waals surface area contributed by atoms with Crippen LogP contribution < -0.4 is 0 Å². The van der Waals surface area contributed by atoms with Gasteiger partial charge in [0.15, 0.2) is 0 Å². The van der Waals surface area contributed by atoms with Crippen LogP contribution in [-0.4, -0.2) is 33.2 Å². The lowest BCUT2D eigenvalue weighted by Crippen LogP contribution is -2.33. The SMILES string of the molecule is Cc1nn(C)c(CC(O)C2C(C)OC(C)C2C)c1Cl. The van der Waals surface area contributed by atoms with E-state index in [1.54, 1.807) is 4.68 Å². The summed E-state index contributed by atoms with van der Waals surface area (Å²) in [5.41, 5.74) is 1.70. The lowest BCUT2D eigenvalue weighted by molar-refractivity contribution is 0.0234. The Labute approximate surface area is 119 Å². The van der Waals surface area contributed by atoms with Crippen molar-refractivity contribution in [1.29, 1.82) is 0 Å². The summed E-state index contributed by atoms with van der Waals surface area (Å²) < 4.78 is 7.55. The number of aliphatic hydroxyl groups is 1. The maximum atomic E-state index is 10.5. The van der Waals surface area contributed by atoms with E-state index in [9.17, 15) is 5.11 Å². The molecule has 1 aliphatic rings. The van der Waals surface area contributed by atoms with Crippen LogP contribution in [0.1, 0.15) is 32.2 Å². The van der Waals surface area contributed by atoms with Gasteiger partial charge in [0.1, 0.15) is 0 Å². The Kier molecular flexibility index (Phi) is 4.23. The minimum Gasteiger partial charge on any atom is -0.392 e. The average molecular weight is 287 g/mol. The summed E-state index contributed by atoms with van der Waals surface area (Å²) in [6.07, 6.45) is 0.333. The van der Waals surface area contributed by atoms with Crippen LogP contribution in [0.2, 0.25) is 5.02 Å². The minimum atomic E-state index is -0.456. The monoisotopic (exact) mass is 286 g/mol. The second-order valence-corrected chi connectivity index (χ2v) is 6.10. The average Bonchev–Trinajstić information content (AvgIpc) is 2.70. The molecule has 2 heterocycles. The van der Waals surface area contributed by atoms with Crippen molar-refractivity contribution in [2.45, 2.75) is 52.4 Å². The van der Waals surface area contributed by atoms with Gasteiger partial charge in [-0.2, -0.15) is 5.10 Å². The highest BCUT2D eigenvalue weighted by molar-refractivity contribution is 6.31. The molecular weight excluding hydrogens is 264 g/mol. The summed E-state index contributed by atoms with van der Waals surface area (Å²) in [4.78, 5) is 0. The van der Waals surface area contributed by atoms with E-state index >= 15 is 0 Å². The first-order valence-corrected chi connectivity index (χ1v) is 7.22. The smallest absolute Gasteiger partial charge is 0.0847 e. The number of hydrogen-bond donors (Lipinski definition) is 1. The molecule has 4 nitrogen and oxygen atoms in total. The predicted molar refractivity (Wildman–Crippen MR) is 75.3 cm³/mol. The Morgan fingerprint density at radius 1 is 1.37 bits per heavy atom. The fourth-order valence-corrected chi connectivity index (χ4v) is 3.43. The van der Waals surface area contributed by atoms with Gasteiger partial charge in [-0.05, 0) is 26.7 Å². The van der Waals surface area contributed by atoms with E-state index < -0.39 is 6.10 Å². The van der Waals surface area contributed by atoms with Crippen molar-refractivity contribution in [2.24, 2.45) is 18.9 Å². The molecule has 1 fully saturated rings. The predicted octanol–water partition coefficient (Wildman–Crippen LogP) is 2.34. The Hall–Kier alpha value is -0.580. The molecule has 108 valence electrons. The maximum absolute atomic E-state index is 10.5. The third-order valence-corrected chi connectivity index (χ3v) is 4.92. The number of nitrogens with zero attached hydrogens (tertiary/aromatic N) is 2. The van der Waals surface area contributed by atoms with Gasteiger partial charge in [-0.1, -0.05) is 18.5 Å². The highest BCUT2D eigenvalue weighted by atomic mass is 35.5. The van der Waals surface area contributed by atoms with E-state index in [1.165, 1.54) is 0 Å². The van der Waals surface area contributed by atoms with Gasteiger partial charge in [0.05, 0.1) is 34.7 Å². The summed E-state index contributed by atoms with van der Waals surface area (Å²) >= 11 is 6.24. The maximum Gasteiger partial charge on any atom is 0.0847 e. The second-order valence-electron chi connectivity index (χ2n) is 5.72. The van der Waals surface area contributed by atoms with E-state index in [-0.39, 0.29) is 18.1 Å². The van der Waals surface area contributed by atoms with Gasteiger partial charge < -0.3 is 9.84 Å². The molecule has 1 aromatic rings. The van der Waals surface area contributed by atoms with Crippen LogP contribution in [0.15, 0.2) is 0 Å². The first kappa shape index (κ1) is 14.8. The van der Waals surface area contributed by atoms with Gasteiger partial charge in [-0.25, -0.2) is 0 Å². The van der Waals surface area contributed by atoms with Crippen molar-refractivity contribution in [3.8, 4) is 0 Å². The first-order chi connectivity index (χ1) is 8.82. The molecule has 0 aromatic carbocycles. The largest absolute Gasteiger partial charge is 0.392 e. The normalized spacial score (nSPS) is 32.8. The topological polar surface area (TPSA) is 47.3 Å². The zero-order valence-electron chi connectivity index (χ0n) is 12.2. The summed E-state index contributed by atoms with van der Waals surface area (Å²) in [5.74, 6) is 0.486. The zero-order chi connectivity index (χ0) is 14.3. The quantitative estimate of drug-likeness (QED) is 0.928. The number of aliphatic hydroxyl groups excluding tert-OH is 1. The Morgan fingerprint density at radius 3 is 2.42 bits per heavy atom. The van der Waals surface area contributed by atoms with Gasteiger partial charge in [0.2, 0.25) is 0 Å². The number of aryl methyl sites for hydroxylation is 2. The summed E-state index contributed by atoms with van der Waals surface area (Å²) in [7, 11) is 1.86. The Bertz CT molecular complexity index is 461. The van der Waals surface area contributed by atoms with Gasteiger partial charge in [0, 0.05) is 19.4 Å². The molecule has 1 aromatic heterocycles. The number of halogens is 1. The third-order valence-electron chi connectivity index (χ3n) is 4.43. The Balaban J connectivity index is 2.15. The molecule has 1 N–H and O–H groups in total. The number of aromatic nitrogens is 2. The van der Waals surface area contributed by atoms with Gasteiger partial charge in [-0.15, -0.1) is 0 Å². The molecule has 1 aliphatic heterocycles. The van der Waals surface area contributed by atoms with Crippen molar-refractivity contribution < 1.29 is 9.84 Å². The highest BCUT2D eigenvalue weighted by Gasteiger charge is 2.41. The molecular formula is C14H23ClN2O2. The summed E-state index contributed by atoms with van der Waals surface area (Å²) in [6, 6.07) is 0. The van der Waals surface area contributed by atoms with Crippen LogP contribution in [0, 0.1) is 18.8 Å². The molecule has 5 unspecified atom stereocenters. The van der Waals surface area contributed by atoms with Gasteiger partial charge in [-0.3, -0.25) is 4.68 Å². The van der Waals surface area contributed by atoms with Crippen molar-refractivity contribution in [3.63, 3.8) is 0 Å². The van der Waals surface area contributed by atoms with Gasteiger partial charge >= 0.3 is 0 Å². The molecule has 0 aliphatic carbocycles.